The van der Waals surface area contributed by atoms with Crippen LogP contribution in [0.4, 0.5) is 0 Å². The van der Waals surface area contributed by atoms with E-state index in [1.807, 2.05) is 6.92 Å². The number of nitrogens with zero attached hydrogens (tertiary/aromatic N) is 3. The van der Waals surface area contributed by atoms with E-state index in [0.29, 0.717) is 5.89 Å². The van der Waals surface area contributed by atoms with Gasteiger partial charge in [0.2, 0.25) is 5.89 Å². The van der Waals surface area contributed by atoms with Gasteiger partial charge in [0.05, 0.1) is 6.54 Å². The van der Waals surface area contributed by atoms with Gasteiger partial charge in [-0.1, -0.05) is 12.1 Å². The van der Waals surface area contributed by atoms with Gasteiger partial charge in [0.1, 0.15) is 0 Å². The van der Waals surface area contributed by atoms with E-state index in [4.69, 9.17) is 4.52 Å². The second-order valence-electron chi connectivity index (χ2n) is 4.43. The van der Waals surface area contributed by atoms with Crippen LogP contribution in [0.1, 0.15) is 25.1 Å². The Morgan fingerprint density at radius 3 is 3.12 bits per heavy atom. The summed E-state index contributed by atoms with van der Waals surface area (Å²) < 4.78 is 4.97. The van der Waals surface area contributed by atoms with Gasteiger partial charge in [-0.05, 0) is 32.0 Å². The zero-order valence-corrected chi connectivity index (χ0v) is 10.1. The molecule has 1 aromatic rings. The molecule has 1 unspecified atom stereocenters. The second-order valence-corrected chi connectivity index (χ2v) is 4.43. The van der Waals surface area contributed by atoms with Crippen molar-refractivity contribution in [3.63, 3.8) is 0 Å². The molecular weight excluding hydrogens is 204 g/mol. The molecule has 1 fully saturated rings. The number of aryl methyl sites for hydroxylation is 1. The first-order valence-corrected chi connectivity index (χ1v) is 6.00. The van der Waals surface area contributed by atoms with Crippen LogP contribution in [0, 0.1) is 12.8 Å². The van der Waals surface area contributed by atoms with Crippen LogP contribution in [0.2, 0.25) is 0 Å². The van der Waals surface area contributed by atoms with E-state index in [0.717, 1.165) is 44.5 Å². The third-order valence-corrected chi connectivity index (χ3v) is 2.99. The van der Waals surface area contributed by atoms with Crippen molar-refractivity contribution in [3.8, 4) is 0 Å². The first kappa shape index (κ1) is 11.5. The van der Waals surface area contributed by atoms with Crippen LogP contribution in [0.5, 0.6) is 0 Å². The lowest BCUT2D eigenvalue weighted by molar-refractivity contribution is 0.297. The molecule has 1 aromatic heterocycles. The predicted octanol–water partition coefficient (Wildman–Crippen LogP) is 0.809. The highest BCUT2D eigenvalue weighted by Gasteiger charge is 2.23. The van der Waals surface area contributed by atoms with E-state index in [2.05, 4.69) is 27.3 Å². The van der Waals surface area contributed by atoms with Gasteiger partial charge in [-0.3, -0.25) is 4.90 Å². The van der Waals surface area contributed by atoms with E-state index in [1.165, 1.54) is 6.42 Å². The minimum atomic E-state index is 0.651. The van der Waals surface area contributed by atoms with Crippen molar-refractivity contribution in [2.75, 3.05) is 26.2 Å². The van der Waals surface area contributed by atoms with Gasteiger partial charge in [-0.2, -0.15) is 4.98 Å². The summed E-state index contributed by atoms with van der Waals surface area (Å²) in [6, 6.07) is 0. The fourth-order valence-electron chi connectivity index (χ4n) is 2.18. The second kappa shape index (κ2) is 5.41. The minimum absolute atomic E-state index is 0.651. The van der Waals surface area contributed by atoms with Crippen molar-refractivity contribution < 1.29 is 4.52 Å². The van der Waals surface area contributed by atoms with Gasteiger partial charge >= 0.3 is 0 Å². The van der Waals surface area contributed by atoms with E-state index in [-0.39, 0.29) is 0 Å². The van der Waals surface area contributed by atoms with E-state index >= 15 is 0 Å². The standard InChI is InChI=1S/C11H20N4O/c1-3-12-6-10-4-5-15(7-10)8-11-13-9(2)16-14-11/h10,12H,3-8H2,1-2H3. The van der Waals surface area contributed by atoms with Crippen molar-refractivity contribution in [1.82, 2.24) is 20.4 Å². The average Bonchev–Trinajstić information content (AvgIpc) is 2.86. The zero-order valence-electron chi connectivity index (χ0n) is 10.1. The molecule has 0 aliphatic carbocycles. The molecule has 1 N–H and O–H groups in total. The maximum absolute atomic E-state index is 4.97. The van der Waals surface area contributed by atoms with E-state index < -0.39 is 0 Å². The van der Waals surface area contributed by atoms with Crippen molar-refractivity contribution in [1.29, 1.82) is 0 Å². The van der Waals surface area contributed by atoms with Crippen molar-refractivity contribution >= 4 is 0 Å². The highest BCUT2D eigenvalue weighted by Crippen LogP contribution is 2.16. The summed E-state index contributed by atoms with van der Waals surface area (Å²) in [7, 11) is 0. The fraction of sp³-hybridized carbons (Fsp3) is 0.818. The van der Waals surface area contributed by atoms with Crippen LogP contribution in [0.25, 0.3) is 0 Å². The highest BCUT2D eigenvalue weighted by molar-refractivity contribution is 4.86. The smallest absolute Gasteiger partial charge is 0.223 e. The largest absolute Gasteiger partial charge is 0.340 e. The third-order valence-electron chi connectivity index (χ3n) is 2.99. The summed E-state index contributed by atoms with van der Waals surface area (Å²) in [5.74, 6) is 2.23. The maximum atomic E-state index is 4.97. The van der Waals surface area contributed by atoms with Gasteiger partial charge < -0.3 is 9.84 Å². The normalized spacial score (nSPS) is 21.8. The van der Waals surface area contributed by atoms with Gasteiger partial charge in [0.15, 0.2) is 5.82 Å². The molecule has 0 bridgehead atoms. The van der Waals surface area contributed by atoms with E-state index in [1.54, 1.807) is 0 Å². The summed E-state index contributed by atoms with van der Waals surface area (Å²) in [6.45, 7) is 9.26. The first-order valence-electron chi connectivity index (χ1n) is 6.00. The molecule has 1 aliphatic rings. The molecule has 5 nitrogen and oxygen atoms in total. The Morgan fingerprint density at radius 1 is 1.56 bits per heavy atom. The molecule has 0 saturated carbocycles. The van der Waals surface area contributed by atoms with E-state index in [9.17, 15) is 0 Å². The quantitative estimate of drug-likeness (QED) is 0.802. The number of hydrogen-bond donors (Lipinski definition) is 1. The zero-order chi connectivity index (χ0) is 11.4. The average molecular weight is 224 g/mol. The SMILES string of the molecule is CCNCC1CCN(Cc2noc(C)n2)C1. The molecule has 2 rings (SSSR count). The maximum Gasteiger partial charge on any atom is 0.223 e. The number of rotatable bonds is 5. The topological polar surface area (TPSA) is 54.2 Å². The minimum Gasteiger partial charge on any atom is -0.340 e. The molecule has 1 saturated heterocycles. The Hall–Kier alpha value is -0.940. The molecule has 0 radical (unpaired) electrons. The third kappa shape index (κ3) is 3.02. The molecule has 16 heavy (non-hydrogen) atoms. The molecule has 0 spiro atoms. The summed E-state index contributed by atoms with van der Waals surface area (Å²) >= 11 is 0. The number of nitrogens with one attached hydrogen (secondary N) is 1. The predicted molar refractivity (Wildman–Crippen MR) is 61.0 cm³/mol. The van der Waals surface area contributed by atoms with Crippen LogP contribution >= 0.6 is 0 Å². The Morgan fingerprint density at radius 2 is 2.44 bits per heavy atom. The monoisotopic (exact) mass is 224 g/mol. The Bertz CT molecular complexity index is 326. The first-order chi connectivity index (χ1) is 7.78. The summed E-state index contributed by atoms with van der Waals surface area (Å²) in [4.78, 5) is 6.62. The molecule has 2 heterocycles. The number of likely N-dealkylation sites (tertiary alicyclic amines) is 1. The Kier molecular flexibility index (Phi) is 3.90. The van der Waals surface area contributed by atoms with Crippen LogP contribution in [-0.2, 0) is 6.54 Å². The molecule has 1 atom stereocenters. The molecule has 1 aliphatic heterocycles. The van der Waals surface area contributed by atoms with Crippen LogP contribution in [0.15, 0.2) is 4.52 Å². The van der Waals surface area contributed by atoms with Crippen LogP contribution < -0.4 is 5.32 Å². The lowest BCUT2D eigenvalue weighted by atomic mass is 10.1. The molecule has 5 heteroatoms. The lowest BCUT2D eigenvalue weighted by Gasteiger charge is -2.13. The molecule has 0 amide bonds. The van der Waals surface area contributed by atoms with Gasteiger partial charge in [-0.15, -0.1) is 0 Å². The fourth-order valence-corrected chi connectivity index (χ4v) is 2.18. The van der Waals surface area contributed by atoms with Crippen molar-refractivity contribution in [2.24, 2.45) is 5.92 Å². The Balaban J connectivity index is 1.76. The van der Waals surface area contributed by atoms with Crippen molar-refractivity contribution in [3.05, 3.63) is 11.7 Å². The van der Waals surface area contributed by atoms with Crippen LogP contribution in [0.3, 0.4) is 0 Å². The highest BCUT2D eigenvalue weighted by atomic mass is 16.5. The number of aromatic nitrogens is 2. The Labute approximate surface area is 96.2 Å². The number of hydrogen-bond acceptors (Lipinski definition) is 5. The molecule has 90 valence electrons. The van der Waals surface area contributed by atoms with Gasteiger partial charge in [0, 0.05) is 13.5 Å². The summed E-state index contributed by atoms with van der Waals surface area (Å²) in [5, 5.41) is 7.33. The van der Waals surface area contributed by atoms with Gasteiger partial charge in [-0.25, -0.2) is 0 Å². The molecular formula is C11H20N4O. The summed E-state index contributed by atoms with van der Waals surface area (Å²) in [6.07, 6.45) is 1.27. The lowest BCUT2D eigenvalue weighted by Crippen LogP contribution is -2.26. The van der Waals surface area contributed by atoms with Gasteiger partial charge in [0.25, 0.3) is 0 Å². The van der Waals surface area contributed by atoms with Crippen LogP contribution in [-0.4, -0.2) is 41.2 Å². The molecule has 0 aromatic carbocycles. The van der Waals surface area contributed by atoms with Crippen molar-refractivity contribution in [2.45, 2.75) is 26.8 Å². The summed E-state index contributed by atoms with van der Waals surface area (Å²) in [5.41, 5.74) is 0.